The second-order valence-electron chi connectivity index (χ2n) is 3.93. The van der Waals surface area contributed by atoms with E-state index in [0.717, 1.165) is 15.8 Å². The fraction of sp³-hybridized carbons (Fsp3) is 0.0714. The minimum absolute atomic E-state index is 0.466. The maximum absolute atomic E-state index is 5.97. The van der Waals surface area contributed by atoms with Gasteiger partial charge in [-0.25, -0.2) is 0 Å². The highest BCUT2D eigenvalue weighted by atomic mass is 79.9. The molecule has 2 aromatic carbocycles. The van der Waals surface area contributed by atoms with E-state index in [9.17, 15) is 0 Å². The molecule has 0 spiro atoms. The average molecular weight is 372 g/mol. The minimum atomic E-state index is 0.466. The zero-order chi connectivity index (χ0) is 14.5. The van der Waals surface area contributed by atoms with Crippen molar-refractivity contribution < 1.29 is 4.74 Å². The lowest BCUT2D eigenvalue weighted by Gasteiger charge is -2.13. The highest BCUT2D eigenvalue weighted by molar-refractivity contribution is 9.10. The van der Waals surface area contributed by atoms with Gasteiger partial charge in [0.2, 0.25) is 0 Å². The number of hydrogen-bond donors (Lipinski definition) is 2. The highest BCUT2D eigenvalue weighted by Gasteiger charge is 2.06. The number of nitrogens with one attached hydrogen (secondary N) is 2. The van der Waals surface area contributed by atoms with Gasteiger partial charge >= 0.3 is 0 Å². The van der Waals surface area contributed by atoms with Crippen LogP contribution >= 0.6 is 39.7 Å². The summed E-state index contributed by atoms with van der Waals surface area (Å²) in [4.78, 5) is 0. The van der Waals surface area contributed by atoms with E-state index < -0.39 is 0 Å². The Morgan fingerprint density at radius 1 is 1.15 bits per heavy atom. The van der Waals surface area contributed by atoms with E-state index >= 15 is 0 Å². The summed E-state index contributed by atoms with van der Waals surface area (Å²) in [6, 6.07) is 13.0. The van der Waals surface area contributed by atoms with Crippen molar-refractivity contribution >= 4 is 56.2 Å². The quantitative estimate of drug-likeness (QED) is 0.750. The lowest BCUT2D eigenvalue weighted by molar-refractivity contribution is 0.417. The van der Waals surface area contributed by atoms with Gasteiger partial charge in [0.15, 0.2) is 5.11 Å². The molecule has 0 aliphatic heterocycles. The van der Waals surface area contributed by atoms with E-state index in [1.165, 1.54) is 0 Å². The van der Waals surface area contributed by atoms with Gasteiger partial charge in [0, 0.05) is 15.2 Å². The molecule has 0 fully saturated rings. The molecule has 2 rings (SSSR count). The SMILES string of the molecule is COc1ccc(Cl)cc1NC(=S)Nc1ccc(Br)cc1. The Labute approximate surface area is 136 Å². The van der Waals surface area contributed by atoms with Crippen molar-refractivity contribution in [2.75, 3.05) is 17.7 Å². The van der Waals surface area contributed by atoms with E-state index in [1.54, 1.807) is 25.3 Å². The Kier molecular flexibility index (Phi) is 5.23. The molecule has 0 saturated carbocycles. The van der Waals surface area contributed by atoms with Crippen LogP contribution in [-0.4, -0.2) is 12.2 Å². The molecular weight excluding hydrogens is 360 g/mol. The van der Waals surface area contributed by atoms with Crippen LogP contribution in [0.5, 0.6) is 5.75 Å². The zero-order valence-electron chi connectivity index (χ0n) is 10.6. The third-order valence-electron chi connectivity index (χ3n) is 2.51. The second-order valence-corrected chi connectivity index (χ2v) is 5.69. The van der Waals surface area contributed by atoms with Gasteiger partial charge in [-0.05, 0) is 54.7 Å². The largest absolute Gasteiger partial charge is 0.495 e. The smallest absolute Gasteiger partial charge is 0.175 e. The molecule has 2 aromatic rings. The monoisotopic (exact) mass is 370 g/mol. The number of methoxy groups -OCH3 is 1. The van der Waals surface area contributed by atoms with Crippen molar-refractivity contribution in [3.05, 3.63) is 52.0 Å². The van der Waals surface area contributed by atoms with Crippen LogP contribution in [-0.2, 0) is 0 Å². The van der Waals surface area contributed by atoms with Crippen molar-refractivity contribution in [3.63, 3.8) is 0 Å². The van der Waals surface area contributed by atoms with Gasteiger partial charge in [-0.1, -0.05) is 27.5 Å². The number of ether oxygens (including phenoxy) is 1. The lowest BCUT2D eigenvalue weighted by atomic mass is 10.3. The van der Waals surface area contributed by atoms with Crippen LogP contribution < -0.4 is 15.4 Å². The summed E-state index contributed by atoms with van der Waals surface area (Å²) in [5.74, 6) is 0.675. The summed E-state index contributed by atoms with van der Waals surface area (Å²) in [7, 11) is 1.60. The molecule has 0 unspecified atom stereocenters. The molecule has 0 bridgehead atoms. The Hall–Kier alpha value is -1.30. The molecule has 0 aliphatic carbocycles. The predicted molar refractivity (Wildman–Crippen MR) is 92.0 cm³/mol. The van der Waals surface area contributed by atoms with E-state index in [-0.39, 0.29) is 0 Å². The molecule has 0 radical (unpaired) electrons. The molecule has 0 atom stereocenters. The molecule has 3 nitrogen and oxygen atoms in total. The summed E-state index contributed by atoms with van der Waals surface area (Å²) in [5, 5.41) is 7.23. The van der Waals surface area contributed by atoms with Gasteiger partial charge < -0.3 is 15.4 Å². The summed E-state index contributed by atoms with van der Waals surface area (Å²) >= 11 is 14.6. The molecule has 0 heterocycles. The maximum Gasteiger partial charge on any atom is 0.175 e. The van der Waals surface area contributed by atoms with Crippen LogP contribution in [0.25, 0.3) is 0 Å². The first-order valence-electron chi connectivity index (χ1n) is 5.75. The Bertz CT molecular complexity index is 619. The summed E-state index contributed by atoms with van der Waals surface area (Å²) in [6.45, 7) is 0. The minimum Gasteiger partial charge on any atom is -0.495 e. The van der Waals surface area contributed by atoms with Crippen LogP contribution in [0, 0.1) is 0 Å². The van der Waals surface area contributed by atoms with E-state index in [2.05, 4.69) is 26.6 Å². The number of hydrogen-bond acceptors (Lipinski definition) is 2. The number of benzene rings is 2. The Balaban J connectivity index is 2.08. The summed E-state index contributed by atoms with van der Waals surface area (Å²) in [6.07, 6.45) is 0. The highest BCUT2D eigenvalue weighted by Crippen LogP contribution is 2.27. The summed E-state index contributed by atoms with van der Waals surface area (Å²) in [5.41, 5.74) is 1.61. The lowest BCUT2D eigenvalue weighted by Crippen LogP contribution is -2.19. The number of thiocarbonyl (C=S) groups is 1. The molecule has 104 valence electrons. The topological polar surface area (TPSA) is 33.3 Å². The first-order chi connectivity index (χ1) is 9.58. The normalized spacial score (nSPS) is 9.95. The molecule has 0 aromatic heterocycles. The van der Waals surface area contributed by atoms with Gasteiger partial charge in [-0.3, -0.25) is 0 Å². The van der Waals surface area contributed by atoms with Crippen molar-refractivity contribution in [1.82, 2.24) is 0 Å². The van der Waals surface area contributed by atoms with Crippen LogP contribution in [0.15, 0.2) is 46.9 Å². The summed E-state index contributed by atoms with van der Waals surface area (Å²) < 4.78 is 6.26. The van der Waals surface area contributed by atoms with E-state index in [4.69, 9.17) is 28.6 Å². The number of halogens is 2. The van der Waals surface area contributed by atoms with Crippen molar-refractivity contribution in [1.29, 1.82) is 0 Å². The molecule has 0 aliphatic rings. The maximum atomic E-state index is 5.97. The van der Waals surface area contributed by atoms with Crippen molar-refractivity contribution in [2.24, 2.45) is 0 Å². The fourth-order valence-electron chi connectivity index (χ4n) is 1.60. The third-order valence-corrected chi connectivity index (χ3v) is 3.48. The molecule has 0 amide bonds. The van der Waals surface area contributed by atoms with Gasteiger partial charge in [0.25, 0.3) is 0 Å². The first-order valence-corrected chi connectivity index (χ1v) is 7.33. The zero-order valence-corrected chi connectivity index (χ0v) is 13.8. The van der Waals surface area contributed by atoms with Crippen molar-refractivity contribution in [2.45, 2.75) is 0 Å². The van der Waals surface area contributed by atoms with Gasteiger partial charge in [0.1, 0.15) is 5.75 Å². The van der Waals surface area contributed by atoms with Crippen LogP contribution in [0.2, 0.25) is 5.02 Å². The van der Waals surface area contributed by atoms with Gasteiger partial charge in [-0.2, -0.15) is 0 Å². The van der Waals surface area contributed by atoms with Crippen LogP contribution in [0.4, 0.5) is 11.4 Å². The van der Waals surface area contributed by atoms with E-state index in [0.29, 0.717) is 15.9 Å². The van der Waals surface area contributed by atoms with Gasteiger partial charge in [0.05, 0.1) is 12.8 Å². The average Bonchev–Trinajstić information content (AvgIpc) is 2.41. The first kappa shape index (κ1) is 15.1. The molecule has 0 saturated heterocycles. The number of rotatable bonds is 3. The van der Waals surface area contributed by atoms with E-state index in [1.807, 2.05) is 24.3 Å². The standard InChI is InChI=1S/C14H12BrClN2OS/c1-19-13-7-4-10(16)8-12(13)18-14(20)17-11-5-2-9(15)3-6-11/h2-8H,1H3,(H2,17,18,20). The molecule has 2 N–H and O–H groups in total. The predicted octanol–water partition coefficient (Wildman–Crippen LogP) is 4.92. The van der Waals surface area contributed by atoms with Crippen molar-refractivity contribution in [3.8, 4) is 5.75 Å². The third kappa shape index (κ3) is 4.10. The fourth-order valence-corrected chi connectivity index (χ4v) is 2.26. The molecular formula is C14H12BrClN2OS. The molecule has 20 heavy (non-hydrogen) atoms. The molecule has 6 heteroatoms. The van der Waals surface area contributed by atoms with Gasteiger partial charge in [-0.15, -0.1) is 0 Å². The number of anilines is 2. The Morgan fingerprint density at radius 3 is 2.50 bits per heavy atom. The van der Waals surface area contributed by atoms with Crippen LogP contribution in [0.3, 0.4) is 0 Å². The Morgan fingerprint density at radius 2 is 1.85 bits per heavy atom. The van der Waals surface area contributed by atoms with Crippen LogP contribution in [0.1, 0.15) is 0 Å². The second kappa shape index (κ2) is 6.92.